The topological polar surface area (TPSA) is 71.7 Å². The van der Waals surface area contributed by atoms with Gasteiger partial charge >= 0.3 is 6.09 Å². The van der Waals surface area contributed by atoms with Gasteiger partial charge < -0.3 is 9.64 Å². The molecule has 1 amide bonds. The van der Waals surface area contributed by atoms with Gasteiger partial charge in [0, 0.05) is 33.1 Å². The highest BCUT2D eigenvalue weighted by atomic mass is 16.6. The number of likely N-dealkylation sites (N-methyl/N-ethyl adjacent to an activating group) is 1. The number of aromatic nitrogens is 2. The van der Waals surface area contributed by atoms with Crippen molar-refractivity contribution in [3.8, 4) is 0 Å². The number of hydrogen-bond acceptors (Lipinski definition) is 6. The first-order chi connectivity index (χ1) is 10.2. The zero-order valence-corrected chi connectivity index (χ0v) is 11.8. The molecule has 0 N–H and O–H groups in total. The van der Waals surface area contributed by atoms with Crippen LogP contribution in [-0.2, 0) is 11.3 Å². The highest BCUT2D eigenvalue weighted by molar-refractivity contribution is 5.76. The van der Waals surface area contributed by atoms with E-state index in [1.807, 2.05) is 18.2 Å². The smallest absolute Gasteiger partial charge is 0.410 e. The number of carbonyl (C=O) groups excluding carboxylic acids is 1. The van der Waals surface area contributed by atoms with Gasteiger partial charge in [-0.2, -0.15) is 0 Å². The first-order valence-corrected chi connectivity index (χ1v) is 7.02. The van der Waals surface area contributed by atoms with Crippen molar-refractivity contribution in [2.24, 2.45) is 0 Å². The molecule has 7 heteroatoms. The van der Waals surface area contributed by atoms with Gasteiger partial charge in [-0.25, -0.2) is 9.42 Å². The van der Waals surface area contributed by atoms with Crippen molar-refractivity contribution < 1.29 is 14.2 Å². The van der Waals surface area contributed by atoms with Crippen LogP contribution in [0.2, 0.25) is 0 Å². The summed E-state index contributed by atoms with van der Waals surface area (Å²) in [4.78, 5) is 15.5. The van der Waals surface area contributed by atoms with Gasteiger partial charge in [0.15, 0.2) is 0 Å². The predicted molar refractivity (Wildman–Crippen MR) is 73.5 cm³/mol. The Labute approximate surface area is 121 Å². The summed E-state index contributed by atoms with van der Waals surface area (Å²) in [6.07, 6.45) is 0.649. The van der Waals surface area contributed by atoms with Gasteiger partial charge in [-0.3, -0.25) is 4.90 Å². The standard InChI is InChI=1S/C14H16N4O3/c1-17-8-14(20-13(17)19)5-6-18(9-14)7-10-3-2-4-11-12(10)16-21-15-11/h2-4H,5-9H2,1H3. The molecule has 0 saturated carbocycles. The minimum Gasteiger partial charge on any atom is -0.439 e. The molecule has 2 aliphatic heterocycles. The largest absolute Gasteiger partial charge is 0.439 e. The molecule has 0 bridgehead atoms. The van der Waals surface area contributed by atoms with Crippen LogP contribution in [0.4, 0.5) is 4.79 Å². The molecule has 7 nitrogen and oxygen atoms in total. The first kappa shape index (κ1) is 12.6. The molecule has 2 aliphatic rings. The molecular formula is C14H16N4O3. The molecule has 1 unspecified atom stereocenters. The predicted octanol–water partition coefficient (Wildman–Crippen LogP) is 1.25. The summed E-state index contributed by atoms with van der Waals surface area (Å²) in [5, 5.41) is 7.83. The van der Waals surface area contributed by atoms with E-state index in [4.69, 9.17) is 9.37 Å². The van der Waals surface area contributed by atoms with Gasteiger partial charge in [0.05, 0.1) is 6.54 Å². The minimum absolute atomic E-state index is 0.223. The molecule has 110 valence electrons. The van der Waals surface area contributed by atoms with Crippen molar-refractivity contribution in [2.75, 3.05) is 26.7 Å². The Bertz CT molecular complexity index is 700. The second-order valence-corrected chi connectivity index (χ2v) is 5.92. The van der Waals surface area contributed by atoms with Crippen LogP contribution in [0.15, 0.2) is 22.8 Å². The number of rotatable bonds is 2. The zero-order valence-electron chi connectivity index (χ0n) is 11.8. The summed E-state index contributed by atoms with van der Waals surface area (Å²) in [6, 6.07) is 5.87. The normalized spacial score (nSPS) is 26.1. The number of hydrogen-bond donors (Lipinski definition) is 0. The van der Waals surface area contributed by atoms with E-state index in [1.54, 1.807) is 11.9 Å². The Kier molecular flexibility index (Phi) is 2.65. The van der Waals surface area contributed by atoms with E-state index >= 15 is 0 Å². The highest BCUT2D eigenvalue weighted by Gasteiger charge is 2.48. The van der Waals surface area contributed by atoms with Crippen molar-refractivity contribution in [3.05, 3.63) is 23.8 Å². The van der Waals surface area contributed by atoms with E-state index in [2.05, 4.69) is 15.2 Å². The van der Waals surface area contributed by atoms with E-state index < -0.39 is 0 Å². The minimum atomic E-state index is -0.345. The summed E-state index contributed by atoms with van der Waals surface area (Å²) in [5.74, 6) is 0. The maximum Gasteiger partial charge on any atom is 0.410 e. The Morgan fingerprint density at radius 2 is 2.24 bits per heavy atom. The van der Waals surface area contributed by atoms with Crippen molar-refractivity contribution in [3.63, 3.8) is 0 Å². The molecule has 0 radical (unpaired) electrons. The van der Waals surface area contributed by atoms with Crippen LogP contribution in [0.25, 0.3) is 11.0 Å². The van der Waals surface area contributed by atoms with Crippen LogP contribution in [0.1, 0.15) is 12.0 Å². The summed E-state index contributed by atoms with van der Waals surface area (Å²) in [7, 11) is 1.78. The maximum atomic E-state index is 11.6. The molecular weight excluding hydrogens is 272 g/mol. The molecule has 1 spiro atoms. The van der Waals surface area contributed by atoms with Crippen LogP contribution in [0.3, 0.4) is 0 Å². The SMILES string of the molecule is CN1CC2(CCN(Cc3cccc4nonc34)C2)OC1=O. The van der Waals surface area contributed by atoms with Crippen LogP contribution < -0.4 is 0 Å². The summed E-state index contributed by atoms with van der Waals surface area (Å²) in [6.45, 7) is 3.08. The average molecular weight is 288 g/mol. The fraction of sp³-hybridized carbons (Fsp3) is 0.500. The van der Waals surface area contributed by atoms with E-state index in [1.165, 1.54) is 0 Å². The van der Waals surface area contributed by atoms with Crippen LogP contribution in [0, 0.1) is 0 Å². The fourth-order valence-electron chi connectivity index (χ4n) is 3.30. The lowest BCUT2D eigenvalue weighted by Crippen LogP contribution is -2.37. The average Bonchev–Trinajstić information content (AvgIpc) is 3.12. The molecule has 2 fully saturated rings. The molecule has 4 rings (SSSR count). The van der Waals surface area contributed by atoms with E-state index in [0.29, 0.717) is 6.54 Å². The molecule has 0 aliphatic carbocycles. The number of amides is 1. The second-order valence-electron chi connectivity index (χ2n) is 5.92. The van der Waals surface area contributed by atoms with E-state index in [9.17, 15) is 4.79 Å². The second kappa shape index (κ2) is 4.42. The monoisotopic (exact) mass is 288 g/mol. The molecule has 1 aromatic carbocycles. The van der Waals surface area contributed by atoms with Crippen LogP contribution >= 0.6 is 0 Å². The van der Waals surface area contributed by atoms with Crippen molar-refractivity contribution in [2.45, 2.75) is 18.6 Å². The van der Waals surface area contributed by atoms with Gasteiger partial charge in [-0.05, 0) is 21.9 Å². The summed E-state index contributed by atoms with van der Waals surface area (Å²) in [5.41, 5.74) is 2.32. The highest BCUT2D eigenvalue weighted by Crippen LogP contribution is 2.32. The fourth-order valence-corrected chi connectivity index (χ4v) is 3.30. The summed E-state index contributed by atoms with van der Waals surface area (Å²) >= 11 is 0. The quantitative estimate of drug-likeness (QED) is 0.828. The molecule has 2 saturated heterocycles. The maximum absolute atomic E-state index is 11.6. The number of nitrogens with zero attached hydrogens (tertiary/aromatic N) is 4. The first-order valence-electron chi connectivity index (χ1n) is 7.02. The van der Waals surface area contributed by atoms with E-state index in [0.717, 1.165) is 42.7 Å². The number of likely N-dealkylation sites (tertiary alicyclic amines) is 1. The van der Waals surface area contributed by atoms with E-state index in [-0.39, 0.29) is 11.7 Å². The summed E-state index contributed by atoms with van der Waals surface area (Å²) < 4.78 is 10.4. The Hall–Kier alpha value is -2.15. The number of carbonyl (C=O) groups is 1. The third-order valence-corrected chi connectivity index (χ3v) is 4.30. The van der Waals surface area contributed by atoms with Gasteiger partial charge in [-0.1, -0.05) is 12.1 Å². The lowest BCUT2D eigenvalue weighted by molar-refractivity contribution is 0.0627. The van der Waals surface area contributed by atoms with Crippen LogP contribution in [0.5, 0.6) is 0 Å². The number of ether oxygens (including phenoxy) is 1. The molecule has 2 aromatic rings. The van der Waals surface area contributed by atoms with Gasteiger partial charge in [-0.15, -0.1) is 0 Å². The van der Waals surface area contributed by atoms with Crippen molar-refractivity contribution in [1.29, 1.82) is 0 Å². The lowest BCUT2D eigenvalue weighted by Gasteiger charge is -2.21. The van der Waals surface area contributed by atoms with Crippen molar-refractivity contribution >= 4 is 17.1 Å². The lowest BCUT2D eigenvalue weighted by atomic mass is 10.0. The zero-order chi connectivity index (χ0) is 14.4. The molecule has 1 atom stereocenters. The molecule has 3 heterocycles. The molecule has 21 heavy (non-hydrogen) atoms. The van der Waals surface area contributed by atoms with Gasteiger partial charge in [0.25, 0.3) is 0 Å². The molecule has 1 aromatic heterocycles. The van der Waals surface area contributed by atoms with Gasteiger partial charge in [0.1, 0.15) is 16.6 Å². The Morgan fingerprint density at radius 1 is 1.33 bits per heavy atom. The van der Waals surface area contributed by atoms with Crippen LogP contribution in [-0.4, -0.2) is 58.5 Å². The van der Waals surface area contributed by atoms with Gasteiger partial charge in [0.2, 0.25) is 0 Å². The number of benzene rings is 1. The number of fused-ring (bicyclic) bond motifs is 1. The third-order valence-electron chi connectivity index (χ3n) is 4.30. The van der Waals surface area contributed by atoms with Crippen molar-refractivity contribution in [1.82, 2.24) is 20.1 Å². The Morgan fingerprint density at radius 3 is 3.05 bits per heavy atom. The third kappa shape index (κ3) is 2.04. The Balaban J connectivity index is 1.52.